The summed E-state index contributed by atoms with van der Waals surface area (Å²) in [6, 6.07) is 0. The smallest absolute Gasteiger partial charge is 0.372 e. The van der Waals surface area contributed by atoms with Gasteiger partial charge < -0.3 is 14.2 Å². The molecule has 0 aliphatic heterocycles. The van der Waals surface area contributed by atoms with Gasteiger partial charge in [-0.1, -0.05) is 13.5 Å². The Morgan fingerprint density at radius 1 is 1.29 bits per heavy atom. The standard InChI is InChI=1S/C10H16O4/c1-4-6-14-10(11)9(3)13-8-7-12-5-2/h5H,2-4,6-8H2,1H3. The van der Waals surface area contributed by atoms with Crippen LogP contribution in [0, 0.1) is 0 Å². The number of carbonyl (C=O) groups excluding carboxylic acids is 1. The molecule has 0 aliphatic carbocycles. The summed E-state index contributed by atoms with van der Waals surface area (Å²) in [5, 5.41) is 0. The molecule has 0 radical (unpaired) electrons. The SMILES string of the molecule is C=COCCOC(=C)C(=O)OCCC. The highest BCUT2D eigenvalue weighted by Crippen LogP contribution is 1.97. The fourth-order valence-electron chi connectivity index (χ4n) is 0.630. The van der Waals surface area contributed by atoms with Gasteiger partial charge in [0.25, 0.3) is 0 Å². The summed E-state index contributed by atoms with van der Waals surface area (Å²) in [5.41, 5.74) is 0. The molecule has 0 atom stereocenters. The van der Waals surface area contributed by atoms with Gasteiger partial charge in [-0.2, -0.15) is 0 Å². The van der Waals surface area contributed by atoms with Crippen LogP contribution in [0.4, 0.5) is 0 Å². The first kappa shape index (κ1) is 12.6. The number of rotatable bonds is 8. The lowest BCUT2D eigenvalue weighted by molar-refractivity contribution is -0.143. The van der Waals surface area contributed by atoms with E-state index in [1.807, 2.05) is 6.92 Å². The first-order valence-electron chi connectivity index (χ1n) is 4.43. The van der Waals surface area contributed by atoms with E-state index in [0.717, 1.165) is 6.42 Å². The fourth-order valence-corrected chi connectivity index (χ4v) is 0.630. The summed E-state index contributed by atoms with van der Waals surface area (Å²) in [4.78, 5) is 11.1. The highest BCUT2D eigenvalue weighted by Gasteiger charge is 2.08. The van der Waals surface area contributed by atoms with Crippen LogP contribution in [0.1, 0.15) is 13.3 Å². The summed E-state index contributed by atoms with van der Waals surface area (Å²) in [6.45, 7) is 9.67. The van der Waals surface area contributed by atoms with Crippen LogP contribution < -0.4 is 0 Å². The molecule has 4 nitrogen and oxygen atoms in total. The maximum absolute atomic E-state index is 11.1. The van der Waals surface area contributed by atoms with Gasteiger partial charge in [-0.3, -0.25) is 0 Å². The Labute approximate surface area is 84.1 Å². The maximum Gasteiger partial charge on any atom is 0.372 e. The van der Waals surface area contributed by atoms with E-state index in [0.29, 0.717) is 13.2 Å². The Hall–Kier alpha value is -1.45. The Kier molecular flexibility index (Phi) is 7.32. The first-order valence-corrected chi connectivity index (χ1v) is 4.43. The zero-order chi connectivity index (χ0) is 10.8. The van der Waals surface area contributed by atoms with Gasteiger partial charge in [0.05, 0.1) is 12.9 Å². The van der Waals surface area contributed by atoms with Crippen molar-refractivity contribution in [1.82, 2.24) is 0 Å². The van der Waals surface area contributed by atoms with Crippen molar-refractivity contribution < 1.29 is 19.0 Å². The predicted molar refractivity (Wildman–Crippen MR) is 52.5 cm³/mol. The molecule has 0 bridgehead atoms. The Morgan fingerprint density at radius 3 is 2.57 bits per heavy atom. The van der Waals surface area contributed by atoms with Crippen molar-refractivity contribution in [2.24, 2.45) is 0 Å². The molecule has 0 N–H and O–H groups in total. The van der Waals surface area contributed by atoms with Crippen molar-refractivity contribution in [1.29, 1.82) is 0 Å². The van der Waals surface area contributed by atoms with E-state index in [1.165, 1.54) is 6.26 Å². The van der Waals surface area contributed by atoms with Crippen molar-refractivity contribution in [3.63, 3.8) is 0 Å². The van der Waals surface area contributed by atoms with E-state index < -0.39 is 5.97 Å². The number of carbonyl (C=O) groups is 1. The lowest BCUT2D eigenvalue weighted by Crippen LogP contribution is -2.12. The summed E-state index contributed by atoms with van der Waals surface area (Å²) in [6.07, 6.45) is 2.08. The van der Waals surface area contributed by atoms with Crippen LogP contribution in [0.2, 0.25) is 0 Å². The summed E-state index contributed by atoms with van der Waals surface area (Å²) in [7, 11) is 0. The molecule has 4 heteroatoms. The number of hydrogen-bond acceptors (Lipinski definition) is 4. The van der Waals surface area contributed by atoms with E-state index in [9.17, 15) is 4.79 Å². The Morgan fingerprint density at radius 2 is 2.00 bits per heavy atom. The second-order valence-corrected chi connectivity index (χ2v) is 2.45. The van der Waals surface area contributed by atoms with Gasteiger partial charge in [0.2, 0.25) is 0 Å². The van der Waals surface area contributed by atoms with E-state index in [1.54, 1.807) is 0 Å². The highest BCUT2D eigenvalue weighted by molar-refractivity contribution is 5.85. The Bertz CT molecular complexity index is 198. The monoisotopic (exact) mass is 200 g/mol. The van der Waals surface area contributed by atoms with E-state index in [-0.39, 0.29) is 12.4 Å². The van der Waals surface area contributed by atoms with Crippen LogP contribution in [0.25, 0.3) is 0 Å². The minimum Gasteiger partial charge on any atom is -0.498 e. The minimum atomic E-state index is -0.523. The fraction of sp³-hybridized carbons (Fsp3) is 0.500. The average molecular weight is 200 g/mol. The van der Waals surface area contributed by atoms with Crippen LogP contribution in [0.15, 0.2) is 25.2 Å². The van der Waals surface area contributed by atoms with Gasteiger partial charge in [-0.15, -0.1) is 0 Å². The molecule has 0 heterocycles. The second kappa shape index (κ2) is 8.16. The van der Waals surface area contributed by atoms with Crippen molar-refractivity contribution in [2.75, 3.05) is 19.8 Å². The minimum absolute atomic E-state index is 0.00566. The summed E-state index contributed by atoms with van der Waals surface area (Å²) < 4.78 is 14.5. The first-order chi connectivity index (χ1) is 6.72. The molecule has 0 spiro atoms. The van der Waals surface area contributed by atoms with Gasteiger partial charge in [0.15, 0.2) is 5.76 Å². The molecule has 0 aliphatic rings. The molecule has 0 aromatic carbocycles. The highest BCUT2D eigenvalue weighted by atomic mass is 16.6. The van der Waals surface area contributed by atoms with Gasteiger partial charge in [0.1, 0.15) is 13.2 Å². The molecule has 0 rings (SSSR count). The molecular formula is C10H16O4. The molecule has 0 aromatic heterocycles. The van der Waals surface area contributed by atoms with Crippen LogP contribution in [-0.2, 0) is 19.0 Å². The Balaban J connectivity index is 3.52. The van der Waals surface area contributed by atoms with Gasteiger partial charge in [0, 0.05) is 0 Å². The van der Waals surface area contributed by atoms with Gasteiger partial charge >= 0.3 is 5.97 Å². The molecule has 80 valence electrons. The largest absolute Gasteiger partial charge is 0.498 e. The molecule has 0 saturated carbocycles. The molecule has 0 amide bonds. The molecule has 0 aromatic rings. The third-order valence-corrected chi connectivity index (χ3v) is 1.26. The normalized spacial score (nSPS) is 8.93. The zero-order valence-corrected chi connectivity index (χ0v) is 8.45. The van der Waals surface area contributed by atoms with Crippen LogP contribution >= 0.6 is 0 Å². The third kappa shape index (κ3) is 6.11. The van der Waals surface area contributed by atoms with Crippen molar-refractivity contribution in [3.05, 3.63) is 25.2 Å². The number of ether oxygens (including phenoxy) is 3. The van der Waals surface area contributed by atoms with E-state index in [2.05, 4.69) is 13.2 Å². The summed E-state index contributed by atoms with van der Waals surface area (Å²) >= 11 is 0. The lowest BCUT2D eigenvalue weighted by Gasteiger charge is -2.07. The molecular weight excluding hydrogens is 184 g/mol. The van der Waals surface area contributed by atoms with Gasteiger partial charge in [-0.25, -0.2) is 4.79 Å². The van der Waals surface area contributed by atoms with Crippen LogP contribution in [0.5, 0.6) is 0 Å². The lowest BCUT2D eigenvalue weighted by atomic mass is 10.5. The molecule has 0 fully saturated rings. The predicted octanol–water partition coefficient (Wildman–Crippen LogP) is 1.63. The van der Waals surface area contributed by atoms with Crippen LogP contribution in [-0.4, -0.2) is 25.8 Å². The third-order valence-electron chi connectivity index (χ3n) is 1.26. The topological polar surface area (TPSA) is 44.8 Å². The van der Waals surface area contributed by atoms with Crippen LogP contribution in [0.3, 0.4) is 0 Å². The number of esters is 1. The number of hydrogen-bond donors (Lipinski definition) is 0. The van der Waals surface area contributed by atoms with E-state index >= 15 is 0 Å². The molecule has 0 unspecified atom stereocenters. The van der Waals surface area contributed by atoms with Crippen molar-refractivity contribution >= 4 is 5.97 Å². The quantitative estimate of drug-likeness (QED) is 0.258. The molecule has 0 saturated heterocycles. The zero-order valence-electron chi connectivity index (χ0n) is 8.45. The average Bonchev–Trinajstić information content (AvgIpc) is 2.20. The van der Waals surface area contributed by atoms with Crippen molar-refractivity contribution in [3.8, 4) is 0 Å². The van der Waals surface area contributed by atoms with Gasteiger partial charge in [-0.05, 0) is 13.0 Å². The maximum atomic E-state index is 11.1. The second-order valence-electron chi connectivity index (χ2n) is 2.45. The summed E-state index contributed by atoms with van der Waals surface area (Å²) in [5.74, 6) is -0.517. The van der Waals surface area contributed by atoms with Crippen molar-refractivity contribution in [2.45, 2.75) is 13.3 Å². The molecule has 14 heavy (non-hydrogen) atoms. The van der Waals surface area contributed by atoms with E-state index in [4.69, 9.17) is 14.2 Å².